The lowest BCUT2D eigenvalue weighted by atomic mass is 9.62. The molecule has 1 aliphatic heterocycles. The summed E-state index contributed by atoms with van der Waals surface area (Å²) in [6.07, 6.45) is 0. The van der Waals surface area contributed by atoms with Crippen molar-refractivity contribution in [3.63, 3.8) is 0 Å². The summed E-state index contributed by atoms with van der Waals surface area (Å²) in [7, 11) is 0. The van der Waals surface area contributed by atoms with E-state index >= 15 is 0 Å². The Bertz CT molecular complexity index is 2700. The molecule has 0 bridgehead atoms. The van der Waals surface area contributed by atoms with Crippen LogP contribution in [0.3, 0.4) is 0 Å². The van der Waals surface area contributed by atoms with E-state index in [2.05, 4.69) is 204 Å². The van der Waals surface area contributed by atoms with Crippen molar-refractivity contribution in [2.45, 2.75) is 5.41 Å². The summed E-state index contributed by atoms with van der Waals surface area (Å²) in [6.45, 7) is 0. The maximum absolute atomic E-state index is 9.62. The number of hydrogen-bond donors (Lipinski definition) is 0. The topological polar surface area (TPSA) is 32.0 Å². The molecule has 0 amide bonds. The highest BCUT2D eigenvalue weighted by Gasteiger charge is 2.46. The average molecular weight is 676 g/mol. The van der Waals surface area contributed by atoms with Crippen LogP contribution < -0.4 is 4.90 Å². The van der Waals surface area contributed by atoms with E-state index in [0.717, 1.165) is 44.9 Å². The number of nitriles is 1. The molecule has 2 heterocycles. The SMILES string of the molecule is N#Cc1ccc(-c2cc(N3c4ccccc4C(c4ccccc4)(c4ccccc4)c4ccccc43)cc(-n3c4ccccc4c4ccccc43)c2)cc1. The van der Waals surface area contributed by atoms with E-state index < -0.39 is 5.41 Å². The number of rotatable bonds is 5. The normalized spacial score (nSPS) is 13.0. The molecule has 9 aromatic rings. The first-order valence-electron chi connectivity index (χ1n) is 18.0. The fraction of sp³-hybridized carbons (Fsp3) is 0.0200. The standard InChI is InChI=1S/C50H33N3/c51-34-35-27-29-36(30-28-35)37-31-40(52-46-23-11-7-19-42(46)43-20-8-12-24-47(43)52)33-41(32-37)53-48-25-13-9-21-44(48)50(38-15-3-1-4-16-38,39-17-5-2-6-18-39)45-22-10-14-26-49(45)53/h1-33H. The van der Waals surface area contributed by atoms with Crippen LogP contribution in [0.5, 0.6) is 0 Å². The zero-order valence-electron chi connectivity index (χ0n) is 28.9. The molecule has 0 N–H and O–H groups in total. The lowest BCUT2D eigenvalue weighted by Gasteiger charge is -2.46. The van der Waals surface area contributed by atoms with Gasteiger partial charge in [0.2, 0.25) is 0 Å². The van der Waals surface area contributed by atoms with E-state index in [1.54, 1.807) is 0 Å². The first-order valence-corrected chi connectivity index (χ1v) is 18.0. The first kappa shape index (κ1) is 30.7. The lowest BCUT2D eigenvalue weighted by molar-refractivity contribution is 0.731. The molecule has 0 spiro atoms. The molecule has 3 heteroatoms. The van der Waals surface area contributed by atoms with Crippen LogP contribution in [0.4, 0.5) is 17.1 Å². The molecule has 1 aliphatic rings. The van der Waals surface area contributed by atoms with E-state index in [0.29, 0.717) is 5.56 Å². The Morgan fingerprint density at radius 3 is 1.43 bits per heavy atom. The average Bonchev–Trinajstić information content (AvgIpc) is 3.58. The number of hydrogen-bond acceptors (Lipinski definition) is 2. The van der Waals surface area contributed by atoms with Crippen molar-refractivity contribution in [1.82, 2.24) is 4.57 Å². The second-order valence-electron chi connectivity index (χ2n) is 13.6. The van der Waals surface area contributed by atoms with Crippen molar-refractivity contribution in [3.05, 3.63) is 228 Å². The summed E-state index contributed by atoms with van der Waals surface area (Å²) < 4.78 is 2.39. The van der Waals surface area contributed by atoms with E-state index in [1.165, 1.54) is 33.0 Å². The summed E-state index contributed by atoms with van der Waals surface area (Å²) >= 11 is 0. The van der Waals surface area contributed by atoms with Gasteiger partial charge in [0.05, 0.1) is 39.5 Å². The minimum atomic E-state index is -0.549. The van der Waals surface area contributed by atoms with Crippen molar-refractivity contribution in [2.75, 3.05) is 4.90 Å². The summed E-state index contributed by atoms with van der Waals surface area (Å²) in [5.74, 6) is 0. The Balaban J connectivity index is 1.29. The maximum atomic E-state index is 9.62. The monoisotopic (exact) mass is 675 g/mol. The van der Waals surface area contributed by atoms with Crippen LogP contribution in [0.1, 0.15) is 27.8 Å². The van der Waals surface area contributed by atoms with E-state index in [1.807, 2.05) is 12.1 Å². The fourth-order valence-electron chi connectivity index (χ4n) is 8.65. The molecular weight excluding hydrogens is 643 g/mol. The zero-order valence-corrected chi connectivity index (χ0v) is 28.9. The van der Waals surface area contributed by atoms with Gasteiger partial charge >= 0.3 is 0 Å². The molecule has 0 aliphatic carbocycles. The van der Waals surface area contributed by atoms with Crippen LogP contribution in [-0.2, 0) is 5.41 Å². The second-order valence-corrected chi connectivity index (χ2v) is 13.6. The zero-order chi connectivity index (χ0) is 35.4. The van der Waals surface area contributed by atoms with Crippen LogP contribution >= 0.6 is 0 Å². The van der Waals surface area contributed by atoms with Gasteiger partial charge < -0.3 is 9.47 Å². The summed E-state index contributed by atoms with van der Waals surface area (Å²) in [6, 6.07) is 74.1. The van der Waals surface area contributed by atoms with Gasteiger partial charge in [0.25, 0.3) is 0 Å². The Morgan fingerprint density at radius 1 is 0.415 bits per heavy atom. The van der Waals surface area contributed by atoms with E-state index in [9.17, 15) is 5.26 Å². The molecule has 3 nitrogen and oxygen atoms in total. The Hall–Kier alpha value is -7.15. The minimum Gasteiger partial charge on any atom is -0.310 e. The number of benzene rings is 8. The van der Waals surface area contributed by atoms with Gasteiger partial charge in [-0.2, -0.15) is 5.26 Å². The molecule has 10 rings (SSSR count). The van der Waals surface area contributed by atoms with Gasteiger partial charge in [0.1, 0.15) is 0 Å². The Kier molecular flexibility index (Phi) is 7.09. The fourth-order valence-corrected chi connectivity index (χ4v) is 8.65. The Labute approximate surface area is 308 Å². The van der Waals surface area contributed by atoms with Crippen LogP contribution in [0.2, 0.25) is 0 Å². The molecule has 0 unspecified atom stereocenters. The molecule has 248 valence electrons. The number of fused-ring (bicyclic) bond motifs is 5. The minimum absolute atomic E-state index is 0.549. The summed E-state index contributed by atoms with van der Waals surface area (Å²) in [5, 5.41) is 12.1. The third kappa shape index (κ3) is 4.67. The van der Waals surface area contributed by atoms with Gasteiger partial charge in [-0.25, -0.2) is 0 Å². The van der Waals surface area contributed by atoms with Gasteiger partial charge in [0.15, 0.2) is 0 Å². The van der Waals surface area contributed by atoms with Crippen molar-refractivity contribution >= 4 is 38.9 Å². The van der Waals surface area contributed by atoms with E-state index in [4.69, 9.17) is 0 Å². The van der Waals surface area contributed by atoms with Gasteiger partial charge in [-0.3, -0.25) is 0 Å². The molecule has 53 heavy (non-hydrogen) atoms. The van der Waals surface area contributed by atoms with Crippen molar-refractivity contribution < 1.29 is 0 Å². The van der Waals surface area contributed by atoms with Crippen LogP contribution in [0.25, 0.3) is 38.6 Å². The predicted octanol–water partition coefficient (Wildman–Crippen LogP) is 12.5. The highest BCUT2D eigenvalue weighted by Crippen LogP contribution is 2.58. The van der Waals surface area contributed by atoms with Crippen LogP contribution in [0, 0.1) is 11.3 Å². The third-order valence-electron chi connectivity index (χ3n) is 10.9. The number of anilines is 3. The predicted molar refractivity (Wildman–Crippen MR) is 217 cm³/mol. The number of nitrogens with zero attached hydrogens (tertiary/aromatic N) is 3. The number of para-hydroxylation sites is 4. The van der Waals surface area contributed by atoms with Gasteiger partial charge in [-0.1, -0.05) is 146 Å². The number of aromatic nitrogens is 1. The summed E-state index contributed by atoms with van der Waals surface area (Å²) in [5.41, 5.74) is 13.8. The molecule has 0 atom stereocenters. The van der Waals surface area contributed by atoms with Gasteiger partial charge in [-0.15, -0.1) is 0 Å². The smallest absolute Gasteiger partial charge is 0.0991 e. The Morgan fingerprint density at radius 2 is 0.887 bits per heavy atom. The third-order valence-corrected chi connectivity index (χ3v) is 10.9. The molecule has 0 saturated heterocycles. The van der Waals surface area contributed by atoms with Gasteiger partial charge in [0, 0.05) is 22.1 Å². The largest absolute Gasteiger partial charge is 0.310 e. The maximum Gasteiger partial charge on any atom is 0.0991 e. The highest BCUT2D eigenvalue weighted by molar-refractivity contribution is 6.09. The van der Waals surface area contributed by atoms with Crippen LogP contribution in [0.15, 0.2) is 200 Å². The quantitative estimate of drug-likeness (QED) is 0.182. The highest BCUT2D eigenvalue weighted by atomic mass is 15.2. The molecule has 8 aromatic carbocycles. The van der Waals surface area contributed by atoms with Crippen molar-refractivity contribution in [3.8, 4) is 22.9 Å². The first-order chi connectivity index (χ1) is 26.3. The van der Waals surface area contributed by atoms with Crippen molar-refractivity contribution in [2.24, 2.45) is 0 Å². The molecule has 0 saturated carbocycles. The molecule has 1 aromatic heterocycles. The second kappa shape index (κ2) is 12.3. The molecule has 0 radical (unpaired) electrons. The van der Waals surface area contributed by atoms with Gasteiger partial charge in [-0.05, 0) is 88.0 Å². The van der Waals surface area contributed by atoms with Crippen molar-refractivity contribution in [1.29, 1.82) is 5.26 Å². The van der Waals surface area contributed by atoms with Crippen LogP contribution in [-0.4, -0.2) is 4.57 Å². The van der Waals surface area contributed by atoms with E-state index in [-0.39, 0.29) is 0 Å². The summed E-state index contributed by atoms with van der Waals surface area (Å²) in [4.78, 5) is 2.44. The molecular formula is C50H33N3. The lowest BCUT2D eigenvalue weighted by Crippen LogP contribution is -2.37. The molecule has 0 fully saturated rings.